The number of nitrogens with zero attached hydrogens (tertiary/aromatic N) is 2. The van der Waals surface area contributed by atoms with Crippen LogP contribution in [0.15, 0.2) is 57.5 Å². The number of fused-ring (bicyclic) bond motifs is 2. The number of piperidine rings is 1. The lowest BCUT2D eigenvalue weighted by atomic mass is 9.78. The molecule has 2 saturated heterocycles. The molecule has 0 aromatic heterocycles. The molecule has 66 heavy (non-hydrogen) atoms. The van der Waals surface area contributed by atoms with Crippen LogP contribution in [-0.4, -0.2) is 105 Å². The van der Waals surface area contributed by atoms with Crippen molar-refractivity contribution in [1.82, 2.24) is 10.3 Å². The summed E-state index contributed by atoms with van der Waals surface area (Å²) in [5.41, 5.74) is -0.581. The number of rotatable bonds is 3. The zero-order valence-electron chi connectivity index (χ0n) is 38.3. The highest BCUT2D eigenvalue weighted by atomic mass is 16.7. The Bertz CT molecular complexity index is 2840. The quantitative estimate of drug-likeness (QED) is 0.0879. The van der Waals surface area contributed by atoms with E-state index in [0.29, 0.717) is 17.6 Å². The second-order valence-electron chi connectivity index (χ2n) is 19.0. The van der Waals surface area contributed by atoms with Gasteiger partial charge in [-0.05, 0) is 32.3 Å². The van der Waals surface area contributed by atoms with Crippen molar-refractivity contribution in [1.29, 1.82) is 0 Å². The van der Waals surface area contributed by atoms with Crippen LogP contribution in [-0.2, 0) is 23.8 Å². The third-order valence-electron chi connectivity index (χ3n) is 14.9. The van der Waals surface area contributed by atoms with Crippen molar-refractivity contribution in [2.24, 2.45) is 29.6 Å². The van der Waals surface area contributed by atoms with E-state index in [1.807, 2.05) is 0 Å². The third-order valence-corrected chi connectivity index (χ3v) is 14.9. The lowest BCUT2D eigenvalue weighted by Gasteiger charge is -2.49. The molecular weight excluding hydrogens is 853 g/mol. The average molecular weight is 909 g/mol. The van der Waals surface area contributed by atoms with Gasteiger partial charge in [0.1, 0.15) is 40.3 Å². The molecule has 17 nitrogen and oxygen atoms in total. The summed E-state index contributed by atoms with van der Waals surface area (Å²) in [4.78, 5) is 63.2. The topological polar surface area (TPSA) is 239 Å². The van der Waals surface area contributed by atoms with E-state index >= 15 is 0 Å². The van der Waals surface area contributed by atoms with Crippen LogP contribution in [0.25, 0.3) is 33.3 Å². The number of aromatic hydroxyl groups is 2. The summed E-state index contributed by atoms with van der Waals surface area (Å²) in [6, 6.07) is 3.67. The minimum atomic E-state index is -2.08. The monoisotopic (exact) mass is 908 g/mol. The molecule has 7 aliphatic rings. The van der Waals surface area contributed by atoms with E-state index in [9.17, 15) is 39.6 Å². The number of amides is 1. The fourth-order valence-electron chi connectivity index (χ4n) is 10.8. The third kappa shape index (κ3) is 6.84. The molecule has 5 aliphatic heterocycles. The van der Waals surface area contributed by atoms with Gasteiger partial charge in [-0.3, -0.25) is 19.2 Å². The first-order valence-corrected chi connectivity index (χ1v) is 22.4. The van der Waals surface area contributed by atoms with Crippen molar-refractivity contribution >= 4 is 50.9 Å². The number of carbonyl (C=O) groups excluding carboxylic acids is 3. The van der Waals surface area contributed by atoms with Gasteiger partial charge in [0.2, 0.25) is 5.43 Å². The van der Waals surface area contributed by atoms with Crippen molar-refractivity contribution < 1.29 is 58.2 Å². The molecule has 9 rings (SSSR count). The number of aliphatic hydroxyl groups is 2. The zero-order valence-corrected chi connectivity index (χ0v) is 38.3. The van der Waals surface area contributed by atoms with Gasteiger partial charge in [0.15, 0.2) is 11.3 Å². The maximum absolute atomic E-state index is 14.9. The zero-order chi connectivity index (χ0) is 47.5. The Balaban J connectivity index is 1.22. The predicted octanol–water partition coefficient (Wildman–Crippen LogP) is 5.21. The number of methoxy groups -OCH3 is 1. The van der Waals surface area contributed by atoms with E-state index in [1.54, 1.807) is 52.0 Å². The number of ketones is 1. The number of carbonyl (C=O) groups is 3. The Kier molecular flexibility index (Phi) is 11.0. The van der Waals surface area contributed by atoms with Gasteiger partial charge < -0.3 is 59.3 Å². The molecule has 4 bridgehead atoms. The molecule has 0 radical (unpaired) electrons. The normalized spacial score (nSPS) is 35.1. The maximum Gasteiger partial charge on any atom is 0.312 e. The van der Waals surface area contributed by atoms with Gasteiger partial charge in [-0.1, -0.05) is 45.9 Å². The molecule has 1 saturated carbocycles. The summed E-state index contributed by atoms with van der Waals surface area (Å²) in [6.07, 6.45) is 4.53. The molecule has 2 aromatic rings. The number of nitrogens with one attached hydrogen (secondary N) is 2. The van der Waals surface area contributed by atoms with Crippen LogP contribution in [0.4, 0.5) is 11.4 Å². The molecule has 1 spiro atoms. The number of anilines is 2. The number of phenolic OH excluding ortho intramolecular Hbond substituents is 2. The number of Topliss-reactive ketones (excluding diaryl/α,β-unsaturated/α-hetero) is 1. The molecule has 3 fully saturated rings. The van der Waals surface area contributed by atoms with E-state index in [0.717, 1.165) is 19.5 Å². The van der Waals surface area contributed by atoms with E-state index in [1.165, 1.54) is 53.2 Å². The van der Waals surface area contributed by atoms with E-state index in [2.05, 4.69) is 15.5 Å². The molecule has 2 aliphatic carbocycles. The minimum absolute atomic E-state index is 0.00526. The molecule has 2 aromatic carbocycles. The van der Waals surface area contributed by atoms with Gasteiger partial charge in [-0.25, -0.2) is 4.98 Å². The number of phenols is 2. The average Bonchev–Trinajstić information content (AvgIpc) is 3.91. The molecule has 350 valence electrons. The number of esters is 1. The van der Waals surface area contributed by atoms with Crippen LogP contribution in [0, 0.1) is 36.5 Å². The molecule has 4 unspecified atom stereocenters. The van der Waals surface area contributed by atoms with Crippen molar-refractivity contribution in [2.45, 2.75) is 104 Å². The SMILES string of the molecule is CO[C@H]1/C=C/OC2(C)Oc3c(C)c(O)c4c(=O)c(c5oc6cc(N7CC8NCC9CC987)cc(O)c6nc-5c4c3C2=O)NC(=O)/C(C)=C\C=C\[C@H](C)[C@H](O)[C@@H](C)[C@@H](O)[C@@H](C)[C@H](OC(C)=O)[C@@H]1C. The summed E-state index contributed by atoms with van der Waals surface area (Å²) in [5.74, 6) is -7.28. The van der Waals surface area contributed by atoms with Crippen LogP contribution < -0.4 is 25.7 Å². The fourth-order valence-corrected chi connectivity index (χ4v) is 10.8. The van der Waals surface area contributed by atoms with Crippen LogP contribution in [0.1, 0.15) is 70.8 Å². The summed E-state index contributed by atoms with van der Waals surface area (Å²) in [7, 11) is 1.44. The smallest absolute Gasteiger partial charge is 0.312 e. The Morgan fingerprint density at radius 3 is 2.42 bits per heavy atom. The molecular formula is C49H56N4O13. The first-order chi connectivity index (χ1) is 31.2. The Hall–Kier alpha value is -6.01. The van der Waals surface area contributed by atoms with Crippen LogP contribution in [0.5, 0.6) is 17.2 Å². The number of ether oxygens (including phenoxy) is 4. The lowest BCUT2D eigenvalue weighted by molar-refractivity contribution is -0.160. The number of hydrogen-bond acceptors (Lipinski definition) is 16. The number of aliphatic hydroxyl groups excluding tert-OH is 2. The molecule has 12 atom stereocenters. The van der Waals surface area contributed by atoms with Gasteiger partial charge in [0, 0.05) is 98.1 Å². The Morgan fingerprint density at radius 1 is 1.00 bits per heavy atom. The standard InChI is InChI=1S/C49H56N4O13/c1-20-11-10-12-21(2)47(61)52-38-42(59)34-33(37-45(38)65-31-16-28(15-29(55)36(31)51-37)53-19-32-49(53)17-27(49)18-50-32)35-44(25(6)41(34)58)66-48(8,46(35)60)63-14-13-30(62-9)22(3)43(64-26(7)54)24(5)40(57)23(4)39(20)56/h10-16,20,22-24,27,30,32,39-40,43,50,55-58H,17-19H2,1-9H3,(H,52,61)/b11-10+,14-13+,21-12-/t20-,22+,23+,24+,27?,30-,32?,39-,40+,43+,48?,49?/m0/s1. The van der Waals surface area contributed by atoms with E-state index in [4.69, 9.17) is 28.3 Å². The number of benzene rings is 3. The summed E-state index contributed by atoms with van der Waals surface area (Å²) in [6.45, 7) is 14.2. The fraction of sp³-hybridized carbons (Fsp3) is 0.490. The maximum atomic E-state index is 14.9. The number of aromatic nitrogens is 1. The van der Waals surface area contributed by atoms with Crippen molar-refractivity contribution in [2.75, 3.05) is 30.4 Å². The minimum Gasteiger partial charge on any atom is -0.507 e. The van der Waals surface area contributed by atoms with Gasteiger partial charge in [0.05, 0.1) is 41.1 Å². The van der Waals surface area contributed by atoms with Crippen molar-refractivity contribution in [3.05, 3.63) is 69.6 Å². The number of allylic oxidation sites excluding steroid dienone is 2. The number of hydrogen-bond donors (Lipinski definition) is 6. The first kappa shape index (κ1) is 45.2. The highest BCUT2D eigenvalue weighted by Gasteiger charge is 2.72. The van der Waals surface area contributed by atoms with E-state index in [-0.39, 0.29) is 72.8 Å². The second kappa shape index (κ2) is 16.1. The van der Waals surface area contributed by atoms with Crippen LogP contribution in [0.2, 0.25) is 0 Å². The van der Waals surface area contributed by atoms with E-state index < -0.39 is 82.7 Å². The summed E-state index contributed by atoms with van der Waals surface area (Å²) < 4.78 is 30.4. The summed E-state index contributed by atoms with van der Waals surface area (Å²) >= 11 is 0. The van der Waals surface area contributed by atoms with Crippen molar-refractivity contribution in [3.8, 4) is 28.7 Å². The molecule has 1 amide bonds. The van der Waals surface area contributed by atoms with Gasteiger partial charge >= 0.3 is 11.8 Å². The lowest BCUT2D eigenvalue weighted by Crippen LogP contribution is -2.65. The summed E-state index contributed by atoms with van der Waals surface area (Å²) in [5, 5.41) is 52.2. The Morgan fingerprint density at radius 2 is 1.74 bits per heavy atom. The van der Waals surface area contributed by atoms with Gasteiger partial charge in [0.25, 0.3) is 11.7 Å². The molecule has 6 N–H and O–H groups in total. The predicted molar refractivity (Wildman–Crippen MR) is 243 cm³/mol. The van der Waals surface area contributed by atoms with Crippen LogP contribution >= 0.6 is 0 Å². The van der Waals surface area contributed by atoms with Gasteiger partial charge in [-0.15, -0.1) is 0 Å². The molecule has 17 heteroatoms. The van der Waals surface area contributed by atoms with Gasteiger partial charge in [-0.2, -0.15) is 0 Å². The highest BCUT2D eigenvalue weighted by molar-refractivity contribution is 6.22. The van der Waals surface area contributed by atoms with Crippen molar-refractivity contribution in [3.63, 3.8) is 0 Å². The Labute approximate surface area is 380 Å². The first-order valence-electron chi connectivity index (χ1n) is 22.4. The molecule has 5 heterocycles. The highest BCUT2D eigenvalue weighted by Crippen LogP contribution is 2.61. The van der Waals surface area contributed by atoms with Crippen LogP contribution in [0.3, 0.4) is 0 Å². The second-order valence-corrected chi connectivity index (χ2v) is 19.0. The largest absolute Gasteiger partial charge is 0.507 e.